The molecule has 1 aliphatic rings. The fourth-order valence-corrected chi connectivity index (χ4v) is 5.73. The summed E-state index contributed by atoms with van der Waals surface area (Å²) in [6.45, 7) is 3.34. The lowest BCUT2D eigenvalue weighted by Gasteiger charge is -2.37. The predicted molar refractivity (Wildman–Crippen MR) is 102 cm³/mol. The normalized spacial score (nSPS) is 23.2. The summed E-state index contributed by atoms with van der Waals surface area (Å²) >= 11 is 3.31. The molecule has 0 spiro atoms. The second-order valence-electron chi connectivity index (χ2n) is 7.30. The van der Waals surface area contributed by atoms with E-state index in [0.717, 1.165) is 10.0 Å². The second-order valence-corrected chi connectivity index (χ2v) is 10.7. The van der Waals surface area contributed by atoms with Crippen LogP contribution in [0.4, 0.5) is 17.6 Å². The molecule has 1 aromatic heterocycles. The largest absolute Gasteiger partial charge is 0.416 e. The monoisotopic (exact) mass is 495 g/mol. The van der Waals surface area contributed by atoms with Gasteiger partial charge in [0.1, 0.15) is 11.9 Å². The van der Waals surface area contributed by atoms with Crippen LogP contribution in [0.5, 0.6) is 0 Å². The zero-order valence-electron chi connectivity index (χ0n) is 15.6. The molecular weight excluding hydrogens is 478 g/mol. The van der Waals surface area contributed by atoms with Crippen molar-refractivity contribution in [2.24, 2.45) is 0 Å². The Morgan fingerprint density at radius 3 is 2.55 bits per heavy atom. The van der Waals surface area contributed by atoms with Gasteiger partial charge in [-0.25, -0.2) is 12.8 Å². The third kappa shape index (κ3) is 4.34. The van der Waals surface area contributed by atoms with Gasteiger partial charge < -0.3 is 4.74 Å². The first kappa shape index (κ1) is 22.2. The first-order chi connectivity index (χ1) is 13.3. The smallest absolute Gasteiger partial charge is 0.372 e. The quantitative estimate of drug-likeness (QED) is 0.535. The van der Waals surface area contributed by atoms with E-state index in [1.54, 1.807) is 13.1 Å². The number of sulfone groups is 1. The van der Waals surface area contributed by atoms with E-state index in [0.29, 0.717) is 17.8 Å². The van der Waals surface area contributed by atoms with Crippen LogP contribution in [0.2, 0.25) is 0 Å². The van der Waals surface area contributed by atoms with Crippen LogP contribution < -0.4 is 0 Å². The molecule has 158 valence electrons. The SMILES string of the molecule is Cc1cc(Br)cnc1C1CC(C)(S(=O)(=O)c2cc(F)cc(C(F)(F)F)c2)CCO1. The number of nitrogens with zero attached hydrogens (tertiary/aromatic N) is 1. The van der Waals surface area contributed by atoms with E-state index < -0.39 is 43.1 Å². The van der Waals surface area contributed by atoms with Crippen LogP contribution >= 0.6 is 15.9 Å². The summed E-state index contributed by atoms with van der Waals surface area (Å²) in [5.41, 5.74) is 0.00869. The number of rotatable bonds is 3. The average Bonchev–Trinajstić information content (AvgIpc) is 2.60. The Hall–Kier alpha value is -1.52. The molecule has 0 N–H and O–H groups in total. The van der Waals surface area contributed by atoms with Crippen molar-refractivity contribution < 1.29 is 30.7 Å². The molecular formula is C19H18BrF4NO3S. The molecule has 0 radical (unpaired) electrons. The van der Waals surface area contributed by atoms with Gasteiger partial charge in [-0.3, -0.25) is 4.98 Å². The van der Waals surface area contributed by atoms with Crippen LogP contribution in [-0.2, 0) is 20.8 Å². The highest BCUT2D eigenvalue weighted by Gasteiger charge is 2.46. The summed E-state index contributed by atoms with van der Waals surface area (Å²) in [7, 11) is -4.29. The molecule has 2 atom stereocenters. The third-order valence-electron chi connectivity index (χ3n) is 5.12. The molecule has 2 heterocycles. The lowest BCUT2D eigenvalue weighted by Crippen LogP contribution is -2.42. The Morgan fingerprint density at radius 1 is 1.24 bits per heavy atom. The topological polar surface area (TPSA) is 56.3 Å². The fourth-order valence-electron chi connectivity index (χ4n) is 3.44. The summed E-state index contributed by atoms with van der Waals surface area (Å²) in [6.07, 6.45) is -3.88. The maximum atomic E-state index is 13.8. The van der Waals surface area contributed by atoms with Crippen LogP contribution in [0.3, 0.4) is 0 Å². The number of pyridine rings is 1. The van der Waals surface area contributed by atoms with E-state index in [1.807, 2.05) is 6.07 Å². The van der Waals surface area contributed by atoms with Crippen molar-refractivity contribution in [2.75, 3.05) is 6.61 Å². The highest BCUT2D eigenvalue weighted by Crippen LogP contribution is 2.43. The number of benzene rings is 1. The summed E-state index contributed by atoms with van der Waals surface area (Å²) in [5.74, 6) is -1.25. The van der Waals surface area contributed by atoms with Gasteiger partial charge in [-0.2, -0.15) is 13.2 Å². The Morgan fingerprint density at radius 2 is 1.93 bits per heavy atom. The zero-order chi connectivity index (χ0) is 21.6. The van der Waals surface area contributed by atoms with Gasteiger partial charge in [-0.15, -0.1) is 0 Å². The number of alkyl halides is 3. The molecule has 1 aromatic carbocycles. The maximum Gasteiger partial charge on any atom is 0.416 e. The van der Waals surface area contributed by atoms with Gasteiger partial charge in [0, 0.05) is 17.3 Å². The molecule has 10 heteroatoms. The van der Waals surface area contributed by atoms with E-state index in [4.69, 9.17) is 4.74 Å². The molecule has 29 heavy (non-hydrogen) atoms. The number of hydrogen-bond donors (Lipinski definition) is 0. The Labute approximate surface area is 174 Å². The van der Waals surface area contributed by atoms with Crippen molar-refractivity contribution in [3.63, 3.8) is 0 Å². The van der Waals surface area contributed by atoms with Crippen LogP contribution in [0.15, 0.2) is 39.8 Å². The summed E-state index contributed by atoms with van der Waals surface area (Å²) < 4.78 is 84.4. The van der Waals surface area contributed by atoms with Crippen LogP contribution in [0.25, 0.3) is 0 Å². The molecule has 0 saturated carbocycles. The molecule has 1 fully saturated rings. The molecule has 2 aromatic rings. The summed E-state index contributed by atoms with van der Waals surface area (Å²) in [6, 6.07) is 3.21. The van der Waals surface area contributed by atoms with E-state index in [-0.39, 0.29) is 25.5 Å². The number of ether oxygens (including phenoxy) is 1. The molecule has 3 rings (SSSR count). The number of aryl methyl sites for hydroxylation is 1. The molecule has 4 nitrogen and oxygen atoms in total. The molecule has 1 saturated heterocycles. The second kappa shape index (κ2) is 7.63. The third-order valence-corrected chi connectivity index (χ3v) is 8.07. The maximum absolute atomic E-state index is 13.8. The molecule has 2 unspecified atom stereocenters. The van der Waals surface area contributed by atoms with Crippen LogP contribution in [0, 0.1) is 12.7 Å². The van der Waals surface area contributed by atoms with E-state index in [1.165, 1.54) is 6.92 Å². The number of halogens is 5. The summed E-state index contributed by atoms with van der Waals surface area (Å²) in [4.78, 5) is 3.62. The number of aromatic nitrogens is 1. The van der Waals surface area contributed by atoms with Crippen LogP contribution in [0.1, 0.15) is 42.7 Å². The molecule has 0 aliphatic carbocycles. The van der Waals surface area contributed by atoms with Crippen molar-refractivity contribution in [3.05, 3.63) is 57.6 Å². The van der Waals surface area contributed by atoms with Gasteiger partial charge in [0.15, 0.2) is 9.84 Å². The Kier molecular flexibility index (Phi) is 5.83. The number of hydrogen-bond acceptors (Lipinski definition) is 4. The van der Waals surface area contributed by atoms with Gasteiger partial charge in [-0.05, 0) is 72.4 Å². The minimum absolute atomic E-state index is 0.0112. The van der Waals surface area contributed by atoms with Crippen molar-refractivity contribution in [2.45, 2.75) is 48.6 Å². The zero-order valence-corrected chi connectivity index (χ0v) is 18.0. The average molecular weight is 496 g/mol. The first-order valence-corrected chi connectivity index (χ1v) is 11.0. The van der Waals surface area contributed by atoms with Gasteiger partial charge in [0.2, 0.25) is 0 Å². The fraction of sp³-hybridized carbons (Fsp3) is 0.421. The van der Waals surface area contributed by atoms with E-state index >= 15 is 0 Å². The summed E-state index contributed by atoms with van der Waals surface area (Å²) in [5, 5.41) is 0. The van der Waals surface area contributed by atoms with Gasteiger partial charge in [0.25, 0.3) is 0 Å². The Bertz CT molecular complexity index is 1040. The lowest BCUT2D eigenvalue weighted by atomic mass is 9.93. The minimum Gasteiger partial charge on any atom is -0.372 e. The highest BCUT2D eigenvalue weighted by molar-refractivity contribution is 9.10. The minimum atomic E-state index is -4.86. The van der Waals surface area contributed by atoms with E-state index in [9.17, 15) is 26.0 Å². The molecule has 0 bridgehead atoms. The van der Waals surface area contributed by atoms with Gasteiger partial charge in [-0.1, -0.05) is 0 Å². The molecule has 0 amide bonds. The highest BCUT2D eigenvalue weighted by atomic mass is 79.9. The lowest BCUT2D eigenvalue weighted by molar-refractivity contribution is -0.137. The van der Waals surface area contributed by atoms with Crippen molar-refractivity contribution >= 4 is 25.8 Å². The van der Waals surface area contributed by atoms with Gasteiger partial charge >= 0.3 is 6.18 Å². The standard InChI is InChI=1S/C19H18BrF4NO3S/c1-11-5-13(20)10-25-17(11)16-9-18(2,3-4-28-16)29(26,27)15-7-12(19(22,23)24)6-14(21)8-15/h5-8,10,16H,3-4,9H2,1-2H3. The van der Waals surface area contributed by atoms with Crippen molar-refractivity contribution in [3.8, 4) is 0 Å². The van der Waals surface area contributed by atoms with Gasteiger partial charge in [0.05, 0.1) is 20.9 Å². The van der Waals surface area contributed by atoms with Crippen LogP contribution in [-0.4, -0.2) is 24.8 Å². The van der Waals surface area contributed by atoms with Crippen molar-refractivity contribution in [1.29, 1.82) is 0 Å². The first-order valence-electron chi connectivity index (χ1n) is 8.69. The molecule has 1 aliphatic heterocycles. The predicted octanol–water partition coefficient (Wildman–Crippen LogP) is 5.39. The Balaban J connectivity index is 2.01. The van der Waals surface area contributed by atoms with E-state index in [2.05, 4.69) is 20.9 Å². The van der Waals surface area contributed by atoms with Crippen molar-refractivity contribution in [1.82, 2.24) is 4.98 Å².